The van der Waals surface area contributed by atoms with E-state index >= 15 is 0 Å². The molecule has 0 saturated heterocycles. The molecule has 0 saturated carbocycles. The molecule has 4 heteroatoms. The van der Waals surface area contributed by atoms with E-state index in [0.29, 0.717) is 9.76 Å². The molecule has 3 nitrogen and oxygen atoms in total. The average molecular weight is 278 g/mol. The van der Waals surface area contributed by atoms with E-state index in [2.05, 4.69) is 24.8 Å². The Bertz CT molecular complexity index is 364. The van der Waals surface area contributed by atoms with Crippen molar-refractivity contribution in [3.63, 3.8) is 0 Å². The molecule has 1 rings (SSSR count). The fourth-order valence-corrected chi connectivity index (χ4v) is 2.63. The first-order valence-corrected chi connectivity index (χ1v) is 7.54. The number of ether oxygens (including phenoxy) is 2. The van der Waals surface area contributed by atoms with Gasteiger partial charge in [-0.25, -0.2) is 0 Å². The van der Waals surface area contributed by atoms with Crippen LogP contribution >= 0.6 is 0 Å². The van der Waals surface area contributed by atoms with Gasteiger partial charge in [0.1, 0.15) is 0 Å². The van der Waals surface area contributed by atoms with Gasteiger partial charge in [0.25, 0.3) is 0 Å². The predicted molar refractivity (Wildman–Crippen MR) is 79.2 cm³/mol. The zero-order valence-corrected chi connectivity index (χ0v) is 12.7. The summed E-state index contributed by atoms with van der Waals surface area (Å²) in [6, 6.07) is 9.12. The van der Waals surface area contributed by atoms with Gasteiger partial charge in [-0.2, -0.15) is 0 Å². The fraction of sp³-hybridized carbons (Fsp3) is 0.467. The highest BCUT2D eigenvalue weighted by Crippen LogP contribution is 2.12. The highest BCUT2D eigenvalue weighted by Gasteiger charge is 2.06. The molecule has 0 heterocycles. The van der Waals surface area contributed by atoms with Crippen LogP contribution in [0.25, 0.3) is 6.08 Å². The monoisotopic (exact) mass is 278 g/mol. The van der Waals surface area contributed by atoms with Gasteiger partial charge in [-0.3, -0.25) is 0 Å². The van der Waals surface area contributed by atoms with Crippen molar-refractivity contribution in [3.05, 3.63) is 42.0 Å². The molecule has 104 valence electrons. The van der Waals surface area contributed by atoms with Crippen LogP contribution < -0.4 is 0 Å². The Balaban J connectivity index is 2.15. The van der Waals surface area contributed by atoms with Gasteiger partial charge in [-0.05, 0) is 24.0 Å². The first-order valence-electron chi connectivity index (χ1n) is 6.42. The van der Waals surface area contributed by atoms with E-state index in [1.807, 2.05) is 12.1 Å². The second-order valence-corrected chi connectivity index (χ2v) is 5.09. The third-order valence-electron chi connectivity index (χ3n) is 2.85. The number of hydrogen-bond donors (Lipinski definition) is 0. The molecule has 0 aliphatic carbocycles. The van der Waals surface area contributed by atoms with Gasteiger partial charge in [0.15, 0.2) is 6.29 Å². The summed E-state index contributed by atoms with van der Waals surface area (Å²) < 4.78 is 15.8. The van der Waals surface area contributed by atoms with Crippen molar-refractivity contribution >= 4 is 15.8 Å². The summed E-state index contributed by atoms with van der Waals surface area (Å²) >= 11 is 0. The largest absolute Gasteiger partial charge is 0.417 e. The van der Waals surface area contributed by atoms with E-state index < -0.39 is 0 Å². The van der Waals surface area contributed by atoms with Crippen LogP contribution in [-0.2, 0) is 20.3 Å². The van der Waals surface area contributed by atoms with Crippen molar-refractivity contribution in [2.24, 2.45) is 0 Å². The maximum atomic E-state index is 5.60. The Morgan fingerprint density at radius 2 is 2.00 bits per heavy atom. The third-order valence-corrected chi connectivity index (χ3v) is 3.75. The Kier molecular flexibility index (Phi) is 8.41. The molecule has 19 heavy (non-hydrogen) atoms. The van der Waals surface area contributed by atoms with Gasteiger partial charge in [0, 0.05) is 26.9 Å². The zero-order chi connectivity index (χ0) is 13.9. The summed E-state index contributed by atoms with van der Waals surface area (Å²) in [5.74, 6) is 0. The molecule has 0 aliphatic rings. The van der Waals surface area contributed by atoms with Crippen molar-refractivity contribution in [1.82, 2.24) is 0 Å². The summed E-state index contributed by atoms with van der Waals surface area (Å²) in [6.07, 6.45) is 3.78. The van der Waals surface area contributed by atoms with Gasteiger partial charge >= 0.3 is 0 Å². The molecule has 0 atom stereocenters. The molecule has 1 aromatic rings. The summed E-state index contributed by atoms with van der Waals surface area (Å²) in [7, 11) is 3.71. The van der Waals surface area contributed by atoms with Gasteiger partial charge in [-0.15, -0.1) is 0 Å². The summed E-state index contributed by atoms with van der Waals surface area (Å²) in [5, 5.41) is 0. The second-order valence-electron chi connectivity index (χ2n) is 4.10. The fourth-order valence-electron chi connectivity index (χ4n) is 1.76. The van der Waals surface area contributed by atoms with Crippen LogP contribution in [0.15, 0.2) is 30.8 Å². The van der Waals surface area contributed by atoms with Crippen molar-refractivity contribution in [3.8, 4) is 0 Å². The molecule has 0 amide bonds. The standard InChI is InChI=1S/C15H22O3Si/c1-4-13-8-5-6-9-14(13)10-7-11-18-19-12-15(16-2)17-3/h4-6,8-9,15H,1,7,10-12H2,2-3H3. The maximum Gasteiger partial charge on any atom is 0.234 e. The Labute approximate surface area is 118 Å². The molecule has 0 aliphatic heterocycles. The molecule has 0 spiro atoms. The Morgan fingerprint density at radius 3 is 2.68 bits per heavy atom. The lowest BCUT2D eigenvalue weighted by Gasteiger charge is -2.12. The molecule has 0 N–H and O–H groups in total. The van der Waals surface area contributed by atoms with Crippen LogP contribution in [0.2, 0.25) is 6.04 Å². The lowest BCUT2D eigenvalue weighted by molar-refractivity contribution is -0.0888. The first kappa shape index (κ1) is 16.1. The van der Waals surface area contributed by atoms with Crippen LogP contribution in [0.5, 0.6) is 0 Å². The van der Waals surface area contributed by atoms with Crippen LogP contribution in [-0.4, -0.2) is 36.9 Å². The van der Waals surface area contributed by atoms with Crippen LogP contribution in [0.3, 0.4) is 0 Å². The SMILES string of the molecule is C=Cc1ccccc1CCCO[Si]CC(OC)OC. The number of methoxy groups -OCH3 is 2. The lowest BCUT2D eigenvalue weighted by atomic mass is 10.0. The minimum absolute atomic E-state index is 0.153. The van der Waals surface area contributed by atoms with E-state index in [0.717, 1.165) is 25.5 Å². The first-order chi connectivity index (χ1) is 9.31. The number of aryl methyl sites for hydroxylation is 1. The third kappa shape index (κ3) is 6.16. The smallest absolute Gasteiger partial charge is 0.234 e. The van der Waals surface area contributed by atoms with E-state index in [-0.39, 0.29) is 6.29 Å². The molecule has 1 aromatic carbocycles. The minimum Gasteiger partial charge on any atom is -0.417 e. The van der Waals surface area contributed by atoms with Gasteiger partial charge in [-0.1, -0.05) is 36.9 Å². The molecule has 0 unspecified atom stereocenters. The van der Waals surface area contributed by atoms with E-state index in [1.165, 1.54) is 11.1 Å². The highest BCUT2D eigenvalue weighted by atomic mass is 28.2. The molecular weight excluding hydrogens is 256 g/mol. The second kappa shape index (κ2) is 9.92. The van der Waals surface area contributed by atoms with Crippen molar-refractivity contribution in [2.75, 3.05) is 20.8 Å². The topological polar surface area (TPSA) is 27.7 Å². The van der Waals surface area contributed by atoms with E-state index in [9.17, 15) is 0 Å². The van der Waals surface area contributed by atoms with Crippen LogP contribution in [0, 0.1) is 0 Å². The molecule has 0 aromatic heterocycles. The lowest BCUT2D eigenvalue weighted by Crippen LogP contribution is -2.16. The van der Waals surface area contributed by atoms with Crippen molar-refractivity contribution in [2.45, 2.75) is 25.2 Å². The molecule has 0 fully saturated rings. The normalized spacial score (nSPS) is 10.9. The summed E-state index contributed by atoms with van der Waals surface area (Å²) in [4.78, 5) is 0. The average Bonchev–Trinajstić information content (AvgIpc) is 2.47. The van der Waals surface area contributed by atoms with E-state index in [1.54, 1.807) is 14.2 Å². The minimum atomic E-state index is -0.153. The van der Waals surface area contributed by atoms with E-state index in [4.69, 9.17) is 13.9 Å². The summed E-state index contributed by atoms with van der Waals surface area (Å²) in [5.41, 5.74) is 2.54. The number of hydrogen-bond acceptors (Lipinski definition) is 3. The Morgan fingerprint density at radius 1 is 1.26 bits per heavy atom. The molecule has 0 bridgehead atoms. The van der Waals surface area contributed by atoms with Gasteiger partial charge in [0.05, 0.1) is 0 Å². The summed E-state index contributed by atoms with van der Waals surface area (Å²) in [6.45, 7) is 4.60. The van der Waals surface area contributed by atoms with Gasteiger partial charge < -0.3 is 13.9 Å². The Hall–Kier alpha value is -0.943. The van der Waals surface area contributed by atoms with Crippen LogP contribution in [0.4, 0.5) is 0 Å². The zero-order valence-electron chi connectivity index (χ0n) is 11.7. The molecule has 2 radical (unpaired) electrons. The highest BCUT2D eigenvalue weighted by molar-refractivity contribution is 6.27. The predicted octanol–water partition coefficient (Wildman–Crippen LogP) is 2.94. The van der Waals surface area contributed by atoms with Crippen molar-refractivity contribution in [1.29, 1.82) is 0 Å². The van der Waals surface area contributed by atoms with Crippen LogP contribution in [0.1, 0.15) is 17.5 Å². The van der Waals surface area contributed by atoms with Gasteiger partial charge in [0.2, 0.25) is 9.76 Å². The maximum absolute atomic E-state index is 5.60. The number of rotatable bonds is 10. The molecular formula is C15H22O3Si. The number of benzene rings is 1. The quantitative estimate of drug-likeness (QED) is 0.374. The van der Waals surface area contributed by atoms with Crippen molar-refractivity contribution < 1.29 is 13.9 Å².